The second kappa shape index (κ2) is 6.47. The van der Waals surface area contributed by atoms with Crippen molar-refractivity contribution >= 4 is 28.9 Å². The maximum Gasteiger partial charge on any atom is 0.121 e. The Labute approximate surface area is 152 Å². The Morgan fingerprint density at radius 3 is 2.67 bits per heavy atom. The molecule has 1 saturated heterocycles. The molecule has 2 aromatic carbocycles. The fraction of sp³-hybridized carbons (Fsp3) is 0.368. The Balaban J connectivity index is 1.73. The molecule has 5 heteroatoms. The molecule has 2 aliphatic heterocycles. The van der Waals surface area contributed by atoms with E-state index in [4.69, 9.17) is 27.9 Å². The molecular weight excluding hydrogens is 343 g/mol. The van der Waals surface area contributed by atoms with Gasteiger partial charge in [0.1, 0.15) is 5.75 Å². The molecule has 0 saturated carbocycles. The van der Waals surface area contributed by atoms with E-state index in [9.17, 15) is 0 Å². The lowest BCUT2D eigenvalue weighted by molar-refractivity contribution is 0.415. The van der Waals surface area contributed by atoms with Crippen LogP contribution >= 0.6 is 23.2 Å². The third kappa shape index (κ3) is 2.75. The Bertz CT molecular complexity index is 755. The van der Waals surface area contributed by atoms with Crippen LogP contribution in [0.2, 0.25) is 10.0 Å². The second-order valence-electron chi connectivity index (χ2n) is 6.40. The Hall–Kier alpha value is -1.42. The van der Waals surface area contributed by atoms with Crippen molar-refractivity contribution in [1.29, 1.82) is 0 Å². The van der Waals surface area contributed by atoms with Crippen LogP contribution in [0, 0.1) is 0 Å². The number of benzene rings is 2. The molecule has 2 aromatic rings. The monoisotopic (exact) mass is 362 g/mol. The predicted octanol–water partition coefficient (Wildman–Crippen LogP) is 4.39. The molecule has 0 amide bonds. The number of methoxy groups -OCH3 is 1. The maximum absolute atomic E-state index is 6.46. The summed E-state index contributed by atoms with van der Waals surface area (Å²) in [5, 5.41) is 4.72. The molecule has 0 spiro atoms. The van der Waals surface area contributed by atoms with Crippen LogP contribution in [0.3, 0.4) is 0 Å². The van der Waals surface area contributed by atoms with E-state index in [-0.39, 0.29) is 0 Å². The van der Waals surface area contributed by atoms with Crippen molar-refractivity contribution in [3.05, 3.63) is 45.9 Å². The van der Waals surface area contributed by atoms with E-state index in [2.05, 4.69) is 28.4 Å². The lowest BCUT2D eigenvalue weighted by atomic mass is 10.00. The van der Waals surface area contributed by atoms with Gasteiger partial charge in [0.15, 0.2) is 0 Å². The van der Waals surface area contributed by atoms with Crippen LogP contribution in [-0.2, 0) is 6.42 Å². The fourth-order valence-corrected chi connectivity index (χ4v) is 4.53. The maximum atomic E-state index is 6.46. The van der Waals surface area contributed by atoms with Gasteiger partial charge >= 0.3 is 0 Å². The number of halogens is 2. The minimum Gasteiger partial charge on any atom is -0.497 e. The summed E-state index contributed by atoms with van der Waals surface area (Å²) in [7, 11) is 1.62. The van der Waals surface area contributed by atoms with E-state index in [0.717, 1.165) is 37.2 Å². The highest BCUT2D eigenvalue weighted by atomic mass is 35.5. The van der Waals surface area contributed by atoms with Crippen molar-refractivity contribution < 1.29 is 4.74 Å². The van der Waals surface area contributed by atoms with Crippen molar-refractivity contribution in [2.24, 2.45) is 0 Å². The standard InChI is InChI=1S/C19H20Cl2N2O/c1-24-15-10-16(20)19(17(21)11-15)12-2-3-18-13(8-12)9-14-4-5-22-6-7-23(14)18/h2-3,8,10-11,14,22H,4-7,9H2,1H3. The average molecular weight is 363 g/mol. The molecule has 1 atom stereocenters. The number of rotatable bonds is 2. The van der Waals surface area contributed by atoms with Crippen molar-refractivity contribution in [2.45, 2.75) is 18.9 Å². The van der Waals surface area contributed by atoms with Crippen LogP contribution in [0.5, 0.6) is 5.75 Å². The van der Waals surface area contributed by atoms with Gasteiger partial charge in [-0.05, 0) is 54.8 Å². The first-order chi connectivity index (χ1) is 11.7. The van der Waals surface area contributed by atoms with Crippen molar-refractivity contribution in [3.8, 4) is 16.9 Å². The quantitative estimate of drug-likeness (QED) is 0.856. The van der Waals surface area contributed by atoms with E-state index in [1.54, 1.807) is 7.11 Å². The molecule has 1 fully saturated rings. The van der Waals surface area contributed by atoms with Gasteiger partial charge in [0, 0.05) is 30.4 Å². The van der Waals surface area contributed by atoms with Crippen LogP contribution in [0.25, 0.3) is 11.1 Å². The summed E-state index contributed by atoms with van der Waals surface area (Å²) in [6.07, 6.45) is 2.28. The van der Waals surface area contributed by atoms with E-state index in [0.29, 0.717) is 21.8 Å². The number of nitrogens with zero attached hydrogens (tertiary/aromatic N) is 1. The van der Waals surface area contributed by atoms with Crippen molar-refractivity contribution in [3.63, 3.8) is 0 Å². The zero-order valence-corrected chi connectivity index (χ0v) is 15.1. The van der Waals surface area contributed by atoms with Gasteiger partial charge in [-0.3, -0.25) is 0 Å². The molecule has 0 aromatic heterocycles. The lowest BCUT2D eigenvalue weighted by Crippen LogP contribution is -2.32. The Morgan fingerprint density at radius 1 is 1.12 bits per heavy atom. The molecule has 0 aliphatic carbocycles. The largest absolute Gasteiger partial charge is 0.497 e. The van der Waals surface area contributed by atoms with Crippen LogP contribution in [-0.4, -0.2) is 32.8 Å². The Kier molecular flexibility index (Phi) is 4.33. The lowest BCUT2D eigenvalue weighted by Gasteiger charge is -2.24. The van der Waals surface area contributed by atoms with E-state index in [1.165, 1.54) is 17.7 Å². The Morgan fingerprint density at radius 2 is 1.92 bits per heavy atom. The van der Waals surface area contributed by atoms with E-state index < -0.39 is 0 Å². The number of ether oxygens (including phenoxy) is 1. The molecule has 24 heavy (non-hydrogen) atoms. The summed E-state index contributed by atoms with van der Waals surface area (Å²) in [5.41, 5.74) is 4.70. The molecule has 2 heterocycles. The average Bonchev–Trinajstić information content (AvgIpc) is 2.74. The molecule has 3 nitrogen and oxygen atoms in total. The zero-order valence-electron chi connectivity index (χ0n) is 13.6. The van der Waals surface area contributed by atoms with Gasteiger partial charge in [-0.25, -0.2) is 0 Å². The number of hydrogen-bond acceptors (Lipinski definition) is 3. The third-order valence-electron chi connectivity index (χ3n) is 5.01. The van der Waals surface area contributed by atoms with E-state index >= 15 is 0 Å². The molecular formula is C19H20Cl2N2O. The summed E-state index contributed by atoms with van der Waals surface area (Å²) in [5.74, 6) is 0.677. The van der Waals surface area contributed by atoms with Gasteiger partial charge in [0.05, 0.1) is 17.2 Å². The first-order valence-corrected chi connectivity index (χ1v) is 9.06. The minimum atomic E-state index is 0.604. The normalized spacial score (nSPS) is 19.6. The first-order valence-electron chi connectivity index (χ1n) is 8.31. The molecule has 126 valence electrons. The summed E-state index contributed by atoms with van der Waals surface area (Å²) in [6, 6.07) is 10.8. The van der Waals surface area contributed by atoms with Crippen LogP contribution in [0.4, 0.5) is 5.69 Å². The highest BCUT2D eigenvalue weighted by molar-refractivity contribution is 6.39. The van der Waals surface area contributed by atoms with Gasteiger partial charge in [0.25, 0.3) is 0 Å². The second-order valence-corrected chi connectivity index (χ2v) is 7.21. The third-order valence-corrected chi connectivity index (χ3v) is 5.61. The molecule has 4 rings (SSSR count). The number of fused-ring (bicyclic) bond motifs is 3. The summed E-state index contributed by atoms with van der Waals surface area (Å²) >= 11 is 12.9. The molecule has 1 unspecified atom stereocenters. The smallest absolute Gasteiger partial charge is 0.121 e. The van der Waals surface area contributed by atoms with Crippen molar-refractivity contribution in [2.75, 3.05) is 31.6 Å². The van der Waals surface area contributed by atoms with Crippen molar-refractivity contribution in [1.82, 2.24) is 5.32 Å². The fourth-order valence-electron chi connectivity index (χ4n) is 3.84. The summed E-state index contributed by atoms with van der Waals surface area (Å²) in [4.78, 5) is 2.54. The predicted molar refractivity (Wildman–Crippen MR) is 101 cm³/mol. The van der Waals surface area contributed by atoms with Gasteiger partial charge < -0.3 is 15.0 Å². The number of hydrogen-bond donors (Lipinski definition) is 1. The van der Waals surface area contributed by atoms with Gasteiger partial charge in [-0.1, -0.05) is 29.3 Å². The SMILES string of the molecule is COc1cc(Cl)c(-c2ccc3c(c2)CC2CCNCCN32)c(Cl)c1. The zero-order chi connectivity index (χ0) is 16.7. The van der Waals surface area contributed by atoms with Crippen LogP contribution < -0.4 is 15.0 Å². The van der Waals surface area contributed by atoms with Crippen LogP contribution in [0.15, 0.2) is 30.3 Å². The van der Waals surface area contributed by atoms with E-state index in [1.807, 2.05) is 12.1 Å². The van der Waals surface area contributed by atoms with Gasteiger partial charge in [-0.2, -0.15) is 0 Å². The van der Waals surface area contributed by atoms with Gasteiger partial charge in [0.2, 0.25) is 0 Å². The highest BCUT2D eigenvalue weighted by Crippen LogP contribution is 2.42. The topological polar surface area (TPSA) is 24.5 Å². The number of anilines is 1. The summed E-state index contributed by atoms with van der Waals surface area (Å²) < 4.78 is 5.24. The molecule has 2 aliphatic rings. The molecule has 1 N–H and O–H groups in total. The highest BCUT2D eigenvalue weighted by Gasteiger charge is 2.30. The first kappa shape index (κ1) is 16.1. The van der Waals surface area contributed by atoms with Crippen LogP contribution in [0.1, 0.15) is 12.0 Å². The number of nitrogens with one attached hydrogen (secondary N) is 1. The molecule has 0 radical (unpaired) electrons. The molecule has 0 bridgehead atoms. The summed E-state index contributed by atoms with van der Waals surface area (Å²) in [6.45, 7) is 3.22. The minimum absolute atomic E-state index is 0.604. The van der Waals surface area contributed by atoms with Gasteiger partial charge in [-0.15, -0.1) is 0 Å².